The Kier molecular flexibility index (Phi) is 7.01. The zero-order valence-corrected chi connectivity index (χ0v) is 11.9. The van der Waals surface area contributed by atoms with E-state index in [-0.39, 0.29) is 25.0 Å². The number of hydrogen-bond donors (Lipinski definition) is 4. The monoisotopic (exact) mass is 290 g/mol. The lowest BCUT2D eigenvalue weighted by Crippen LogP contribution is -2.45. The Bertz CT molecular complexity index is 314. The van der Waals surface area contributed by atoms with Crippen molar-refractivity contribution in [2.45, 2.75) is 49.5 Å². The van der Waals surface area contributed by atoms with Crippen molar-refractivity contribution in [3.05, 3.63) is 0 Å². The largest absolute Gasteiger partial charge is 0.479 e. The first-order valence-corrected chi connectivity index (χ1v) is 7.79. The molecular formula is C12H22N2O4S. The molecule has 19 heavy (non-hydrogen) atoms. The van der Waals surface area contributed by atoms with Gasteiger partial charge in [-0.25, -0.2) is 9.59 Å². The summed E-state index contributed by atoms with van der Waals surface area (Å²) in [4.78, 5) is 22.0. The van der Waals surface area contributed by atoms with Crippen LogP contribution >= 0.6 is 11.8 Å². The van der Waals surface area contributed by atoms with E-state index in [1.54, 1.807) is 0 Å². The Labute approximate surface area is 117 Å². The molecule has 1 rings (SSSR count). The maximum Gasteiger partial charge on any atom is 0.332 e. The molecule has 6 nitrogen and oxygen atoms in total. The Morgan fingerprint density at radius 2 is 2.16 bits per heavy atom. The lowest BCUT2D eigenvalue weighted by Gasteiger charge is -2.28. The number of carbonyl (C=O) groups excluding carboxylic acids is 1. The van der Waals surface area contributed by atoms with E-state index in [4.69, 9.17) is 10.2 Å². The molecule has 0 aromatic rings. The van der Waals surface area contributed by atoms with Crippen LogP contribution < -0.4 is 10.6 Å². The third kappa shape index (κ3) is 6.15. The number of aliphatic carboxylic acids is 1. The van der Waals surface area contributed by atoms with Crippen molar-refractivity contribution < 1.29 is 19.8 Å². The van der Waals surface area contributed by atoms with Crippen molar-refractivity contribution in [3.63, 3.8) is 0 Å². The predicted octanol–water partition coefficient (Wildman–Crippen LogP) is 0.795. The molecule has 4 N–H and O–H groups in total. The van der Waals surface area contributed by atoms with E-state index in [2.05, 4.69) is 16.9 Å². The average Bonchev–Trinajstić information content (AvgIpc) is 2.38. The molecular weight excluding hydrogens is 268 g/mol. The van der Waals surface area contributed by atoms with Crippen molar-refractivity contribution in [2.24, 2.45) is 0 Å². The summed E-state index contributed by atoms with van der Waals surface area (Å²) in [6.45, 7) is 0.151. The summed E-state index contributed by atoms with van der Waals surface area (Å²) in [7, 11) is 0. The number of nitrogens with one attached hydrogen (secondary N) is 2. The summed E-state index contributed by atoms with van der Waals surface area (Å²) < 4.78 is 0. The van der Waals surface area contributed by atoms with Gasteiger partial charge in [0, 0.05) is 24.3 Å². The third-order valence-electron chi connectivity index (χ3n) is 3.28. The van der Waals surface area contributed by atoms with Gasteiger partial charge in [0.2, 0.25) is 0 Å². The molecule has 0 aliphatic heterocycles. The quantitative estimate of drug-likeness (QED) is 0.580. The van der Waals surface area contributed by atoms with E-state index in [0.717, 1.165) is 19.3 Å². The molecule has 0 aromatic heterocycles. The van der Waals surface area contributed by atoms with Gasteiger partial charge in [0.25, 0.3) is 0 Å². The summed E-state index contributed by atoms with van der Waals surface area (Å²) in [5.74, 6) is -1.27. The topological polar surface area (TPSA) is 98.7 Å². The van der Waals surface area contributed by atoms with E-state index in [1.807, 2.05) is 11.8 Å². The Balaban J connectivity index is 2.18. The van der Waals surface area contributed by atoms with E-state index >= 15 is 0 Å². The molecule has 0 aromatic carbocycles. The zero-order chi connectivity index (χ0) is 14.3. The smallest absolute Gasteiger partial charge is 0.332 e. The van der Waals surface area contributed by atoms with Crippen molar-refractivity contribution in [1.82, 2.24) is 10.6 Å². The van der Waals surface area contributed by atoms with Crippen LogP contribution in [0.2, 0.25) is 0 Å². The second-order valence-electron chi connectivity index (χ2n) is 4.76. The minimum absolute atomic E-state index is 0.0147. The van der Waals surface area contributed by atoms with Gasteiger partial charge in [-0.3, -0.25) is 0 Å². The number of carboxylic acids is 1. The summed E-state index contributed by atoms with van der Waals surface area (Å²) in [5, 5.41) is 23.6. The maximum atomic E-state index is 11.6. The summed E-state index contributed by atoms with van der Waals surface area (Å²) in [6.07, 6.45) is 4.96. The third-order valence-corrected chi connectivity index (χ3v) is 4.38. The van der Waals surface area contributed by atoms with Gasteiger partial charge in [-0.15, -0.1) is 0 Å². The van der Waals surface area contributed by atoms with Crippen LogP contribution in [0.15, 0.2) is 0 Å². The van der Waals surface area contributed by atoms with Crippen LogP contribution in [0.5, 0.6) is 0 Å². The Hall–Kier alpha value is -0.950. The average molecular weight is 290 g/mol. The number of carbonyl (C=O) groups is 2. The van der Waals surface area contributed by atoms with Crippen LogP contribution in [0.3, 0.4) is 0 Å². The van der Waals surface area contributed by atoms with E-state index < -0.39 is 12.1 Å². The van der Waals surface area contributed by atoms with E-state index in [9.17, 15) is 9.59 Å². The molecule has 3 atom stereocenters. The predicted molar refractivity (Wildman–Crippen MR) is 74.4 cm³/mol. The maximum absolute atomic E-state index is 11.6. The first-order chi connectivity index (χ1) is 9.02. The van der Waals surface area contributed by atoms with Crippen molar-refractivity contribution >= 4 is 23.8 Å². The Morgan fingerprint density at radius 3 is 2.79 bits per heavy atom. The van der Waals surface area contributed by atoms with Gasteiger partial charge in [-0.1, -0.05) is 6.42 Å². The fourth-order valence-corrected chi connectivity index (χ4v) is 3.00. The molecule has 0 bridgehead atoms. The van der Waals surface area contributed by atoms with Crippen molar-refractivity contribution in [2.75, 3.05) is 12.8 Å². The van der Waals surface area contributed by atoms with Gasteiger partial charge in [-0.05, 0) is 25.5 Å². The molecule has 2 amide bonds. The fourth-order valence-electron chi connectivity index (χ4n) is 2.17. The normalized spacial score (nSPS) is 24.5. The lowest BCUT2D eigenvalue weighted by atomic mass is 9.95. The molecule has 0 saturated heterocycles. The Morgan fingerprint density at radius 1 is 1.42 bits per heavy atom. The highest BCUT2D eigenvalue weighted by Gasteiger charge is 2.22. The molecule has 1 fully saturated rings. The molecule has 0 heterocycles. The molecule has 1 aliphatic carbocycles. The minimum Gasteiger partial charge on any atom is -0.479 e. The van der Waals surface area contributed by atoms with Gasteiger partial charge < -0.3 is 20.8 Å². The standard InChI is InChI=1S/C12H22N2O4S/c1-19-9-4-2-3-8(7-9)14-12(18)13-6-5-10(15)11(16)17/h8-10,15H,2-7H2,1H3,(H,16,17)(H2,13,14,18). The second kappa shape index (κ2) is 8.27. The molecule has 7 heteroatoms. The molecule has 0 radical (unpaired) electrons. The van der Waals surface area contributed by atoms with Gasteiger partial charge in [0.05, 0.1) is 0 Å². The summed E-state index contributed by atoms with van der Waals surface area (Å²) in [5.41, 5.74) is 0. The first-order valence-electron chi connectivity index (χ1n) is 6.51. The molecule has 1 aliphatic rings. The van der Waals surface area contributed by atoms with Crippen molar-refractivity contribution in [1.29, 1.82) is 0 Å². The van der Waals surface area contributed by atoms with Crippen LogP contribution in [0.25, 0.3) is 0 Å². The number of hydrogen-bond acceptors (Lipinski definition) is 4. The fraction of sp³-hybridized carbons (Fsp3) is 0.833. The van der Waals surface area contributed by atoms with Crippen LogP contribution in [0.1, 0.15) is 32.1 Å². The molecule has 3 unspecified atom stereocenters. The minimum atomic E-state index is -1.42. The highest BCUT2D eigenvalue weighted by atomic mass is 32.2. The SMILES string of the molecule is CSC1CCCC(NC(=O)NCCC(O)C(=O)O)C1. The molecule has 0 spiro atoms. The van der Waals surface area contributed by atoms with E-state index in [1.165, 1.54) is 6.42 Å². The highest BCUT2D eigenvalue weighted by molar-refractivity contribution is 7.99. The van der Waals surface area contributed by atoms with Gasteiger partial charge in [-0.2, -0.15) is 11.8 Å². The first kappa shape index (κ1) is 16.1. The lowest BCUT2D eigenvalue weighted by molar-refractivity contribution is -0.146. The van der Waals surface area contributed by atoms with Gasteiger partial charge >= 0.3 is 12.0 Å². The van der Waals surface area contributed by atoms with Gasteiger partial charge in [0.1, 0.15) is 0 Å². The molecule has 1 saturated carbocycles. The number of urea groups is 1. The zero-order valence-electron chi connectivity index (χ0n) is 11.1. The van der Waals surface area contributed by atoms with Crippen LogP contribution in [0, 0.1) is 0 Å². The van der Waals surface area contributed by atoms with Crippen molar-refractivity contribution in [3.8, 4) is 0 Å². The molecule has 110 valence electrons. The number of thioether (sulfide) groups is 1. The number of aliphatic hydroxyl groups excluding tert-OH is 1. The van der Waals surface area contributed by atoms with Crippen LogP contribution in [-0.2, 0) is 4.79 Å². The number of aliphatic hydroxyl groups is 1. The number of rotatable bonds is 6. The number of carboxylic acid groups (broad SMARTS) is 1. The van der Waals surface area contributed by atoms with Crippen LogP contribution in [0.4, 0.5) is 4.79 Å². The van der Waals surface area contributed by atoms with Gasteiger partial charge in [0.15, 0.2) is 6.10 Å². The number of amides is 2. The summed E-state index contributed by atoms with van der Waals surface area (Å²) in [6, 6.07) is -0.0973. The summed E-state index contributed by atoms with van der Waals surface area (Å²) >= 11 is 1.83. The highest BCUT2D eigenvalue weighted by Crippen LogP contribution is 2.26. The second-order valence-corrected chi connectivity index (χ2v) is 5.90. The van der Waals surface area contributed by atoms with E-state index in [0.29, 0.717) is 5.25 Å². The van der Waals surface area contributed by atoms with Crippen LogP contribution in [-0.4, -0.2) is 52.4 Å².